The van der Waals surface area contributed by atoms with Gasteiger partial charge in [0.1, 0.15) is 6.61 Å². The van der Waals surface area contributed by atoms with Crippen molar-refractivity contribution in [3.05, 3.63) is 134 Å². The Morgan fingerprint density at radius 3 is 0.957 bits per heavy atom. The Morgan fingerprint density at radius 1 is 0.314 bits per heavy atom. The zero-order chi connectivity index (χ0) is 50.6. The zero-order valence-corrected chi connectivity index (χ0v) is 45.5. The molecule has 0 aliphatic heterocycles. The number of carbonyl (C=O) groups excluding carboxylic acids is 2. The van der Waals surface area contributed by atoms with Crippen LogP contribution >= 0.6 is 0 Å². The number of esters is 2. The van der Waals surface area contributed by atoms with Crippen LogP contribution in [0.3, 0.4) is 0 Å². The molecule has 1 atom stereocenters. The molecule has 0 fully saturated rings. The van der Waals surface area contributed by atoms with Crippen LogP contribution in [0.1, 0.15) is 239 Å². The number of hydrogen-bond donors (Lipinski definition) is 0. The minimum Gasteiger partial charge on any atom is -0.462 e. The number of rotatable bonds is 51. The summed E-state index contributed by atoms with van der Waals surface area (Å²) in [7, 11) is 0. The van der Waals surface area contributed by atoms with Crippen molar-refractivity contribution in [2.75, 3.05) is 19.8 Å². The van der Waals surface area contributed by atoms with Gasteiger partial charge in [-0.25, -0.2) is 0 Å². The van der Waals surface area contributed by atoms with Crippen LogP contribution in [-0.2, 0) is 23.8 Å². The van der Waals surface area contributed by atoms with E-state index in [4.69, 9.17) is 14.2 Å². The van der Waals surface area contributed by atoms with Crippen LogP contribution in [0, 0.1) is 0 Å². The molecule has 70 heavy (non-hydrogen) atoms. The molecule has 0 bridgehead atoms. The van der Waals surface area contributed by atoms with E-state index >= 15 is 0 Å². The Morgan fingerprint density at radius 2 is 0.600 bits per heavy atom. The van der Waals surface area contributed by atoms with Crippen molar-refractivity contribution in [3.63, 3.8) is 0 Å². The Kier molecular flexibility index (Phi) is 56.0. The zero-order valence-electron chi connectivity index (χ0n) is 45.5. The molecule has 0 amide bonds. The quantitative estimate of drug-likeness (QED) is 0.0345. The second-order valence-electron chi connectivity index (χ2n) is 18.4. The monoisotopic (exact) mass is 967 g/mol. The highest BCUT2D eigenvalue weighted by Crippen LogP contribution is 2.14. The number of carbonyl (C=O) groups is 2. The maximum absolute atomic E-state index is 12.9. The lowest BCUT2D eigenvalue weighted by Gasteiger charge is -2.18. The Bertz CT molecular complexity index is 1470. The van der Waals surface area contributed by atoms with Crippen molar-refractivity contribution in [3.8, 4) is 0 Å². The molecule has 0 rings (SSSR count). The number of allylic oxidation sites excluding steroid dienone is 22. The molecule has 0 aromatic rings. The van der Waals surface area contributed by atoms with Gasteiger partial charge >= 0.3 is 11.9 Å². The predicted molar refractivity (Wildman–Crippen MR) is 306 cm³/mol. The SMILES string of the molecule is CC/C=C\C/C=C\C/C=C\C/C=C\C/C=C\CCCCCCOCC(COC(=O)CCCCCCCCC/C=C\C/C=C\C/C=C\CC)OC(=O)CCCCCCCCC/C=C\C/C=C\C/C=C\CC. The minimum atomic E-state index is -0.570. The Hall–Kier alpha value is -3.96. The fraction of sp³-hybridized carbons (Fsp3) is 0.631. The number of hydrogen-bond acceptors (Lipinski definition) is 5. The molecular weight excluding hydrogens is 861 g/mol. The van der Waals surface area contributed by atoms with Crippen LogP contribution in [0.25, 0.3) is 0 Å². The standard InChI is InChI=1S/C65H106O5/c1-4-7-10-13-16-19-22-25-28-31-32-33-36-39-42-45-48-51-54-57-60-68-61-63(70-65(67)59-56-53-50-47-44-41-38-35-30-27-24-21-18-15-12-9-6-3)62-69-64(66)58-55-52-49-46-43-40-37-34-29-26-23-20-17-14-11-8-5-2/h7-12,16-21,25-30,32-33,39,42,63H,4-6,13-15,22-24,31,34-38,40-41,43-62H2,1-3H3/b10-7-,11-8-,12-9-,19-16-,20-17-,21-18-,28-25-,29-26-,30-27-,33-32-,42-39-. The fourth-order valence-electron chi connectivity index (χ4n) is 7.51. The molecular formula is C65H106O5. The minimum absolute atomic E-state index is 0.0569. The van der Waals surface area contributed by atoms with Gasteiger partial charge in [-0.1, -0.05) is 231 Å². The summed E-state index contributed by atoms with van der Waals surface area (Å²) in [5, 5.41) is 0. The Balaban J connectivity index is 4.40. The average Bonchev–Trinajstić information content (AvgIpc) is 3.36. The predicted octanol–water partition coefficient (Wildman–Crippen LogP) is 19.9. The van der Waals surface area contributed by atoms with E-state index in [1.54, 1.807) is 0 Å². The van der Waals surface area contributed by atoms with E-state index in [9.17, 15) is 9.59 Å². The third kappa shape index (κ3) is 56.6. The topological polar surface area (TPSA) is 61.8 Å². The van der Waals surface area contributed by atoms with Crippen LogP contribution < -0.4 is 0 Å². The second-order valence-corrected chi connectivity index (χ2v) is 18.4. The molecule has 0 aromatic carbocycles. The lowest BCUT2D eigenvalue weighted by Crippen LogP contribution is -2.30. The van der Waals surface area contributed by atoms with E-state index in [1.165, 1.54) is 57.8 Å². The molecule has 0 saturated heterocycles. The van der Waals surface area contributed by atoms with E-state index in [2.05, 4.69) is 154 Å². The molecule has 0 spiro atoms. The summed E-state index contributed by atoms with van der Waals surface area (Å²) >= 11 is 0. The first-order chi connectivity index (χ1) is 34.6. The van der Waals surface area contributed by atoms with Gasteiger partial charge in [0.2, 0.25) is 0 Å². The molecule has 0 saturated carbocycles. The highest BCUT2D eigenvalue weighted by atomic mass is 16.6. The molecule has 1 unspecified atom stereocenters. The first-order valence-electron chi connectivity index (χ1n) is 28.7. The molecule has 0 heterocycles. The average molecular weight is 968 g/mol. The van der Waals surface area contributed by atoms with E-state index < -0.39 is 6.10 Å². The molecule has 0 N–H and O–H groups in total. The summed E-state index contributed by atoms with van der Waals surface area (Å²) in [6.07, 6.45) is 84.7. The third-order valence-electron chi connectivity index (χ3n) is 11.7. The highest BCUT2D eigenvalue weighted by Gasteiger charge is 2.17. The maximum atomic E-state index is 12.9. The van der Waals surface area contributed by atoms with Crippen molar-refractivity contribution < 1.29 is 23.8 Å². The molecule has 5 nitrogen and oxygen atoms in total. The summed E-state index contributed by atoms with van der Waals surface area (Å²) in [5.41, 5.74) is 0. The van der Waals surface area contributed by atoms with Crippen LogP contribution in [0.15, 0.2) is 134 Å². The van der Waals surface area contributed by atoms with Gasteiger partial charge in [0.25, 0.3) is 0 Å². The van der Waals surface area contributed by atoms with Gasteiger partial charge in [0, 0.05) is 19.4 Å². The van der Waals surface area contributed by atoms with Gasteiger partial charge in [-0.15, -0.1) is 0 Å². The maximum Gasteiger partial charge on any atom is 0.306 e. The number of ether oxygens (including phenoxy) is 3. The summed E-state index contributed by atoms with van der Waals surface area (Å²) < 4.78 is 17.5. The first-order valence-corrected chi connectivity index (χ1v) is 28.7. The van der Waals surface area contributed by atoms with Crippen LogP contribution in [0.5, 0.6) is 0 Å². The molecule has 0 aliphatic carbocycles. The van der Waals surface area contributed by atoms with E-state index in [0.29, 0.717) is 19.4 Å². The van der Waals surface area contributed by atoms with Crippen LogP contribution in [-0.4, -0.2) is 37.9 Å². The van der Waals surface area contributed by atoms with Crippen LogP contribution in [0.2, 0.25) is 0 Å². The summed E-state index contributed by atoms with van der Waals surface area (Å²) in [5.74, 6) is -0.440. The second kappa shape index (κ2) is 59.3. The lowest BCUT2D eigenvalue weighted by molar-refractivity contribution is -0.163. The van der Waals surface area contributed by atoms with Gasteiger partial charge in [-0.05, 0) is 128 Å². The molecule has 0 radical (unpaired) electrons. The fourth-order valence-corrected chi connectivity index (χ4v) is 7.51. The van der Waals surface area contributed by atoms with Crippen LogP contribution in [0.4, 0.5) is 0 Å². The molecule has 396 valence electrons. The third-order valence-corrected chi connectivity index (χ3v) is 11.7. The largest absolute Gasteiger partial charge is 0.462 e. The Labute approximate surface area is 432 Å². The summed E-state index contributed by atoms with van der Waals surface area (Å²) in [4.78, 5) is 25.5. The van der Waals surface area contributed by atoms with Gasteiger partial charge in [0.15, 0.2) is 6.10 Å². The van der Waals surface area contributed by atoms with E-state index in [-0.39, 0.29) is 25.2 Å². The smallest absolute Gasteiger partial charge is 0.306 e. The molecule has 0 aromatic heterocycles. The van der Waals surface area contributed by atoms with Gasteiger partial charge in [-0.2, -0.15) is 0 Å². The summed E-state index contributed by atoms with van der Waals surface area (Å²) in [6, 6.07) is 0. The van der Waals surface area contributed by atoms with Crippen molar-refractivity contribution >= 4 is 11.9 Å². The molecule has 0 aliphatic rings. The van der Waals surface area contributed by atoms with E-state index in [1.807, 2.05) is 0 Å². The van der Waals surface area contributed by atoms with Crippen molar-refractivity contribution in [1.29, 1.82) is 0 Å². The first kappa shape index (κ1) is 66.0. The summed E-state index contributed by atoms with van der Waals surface area (Å²) in [6.45, 7) is 7.41. The lowest BCUT2D eigenvalue weighted by atomic mass is 10.1. The highest BCUT2D eigenvalue weighted by molar-refractivity contribution is 5.70. The van der Waals surface area contributed by atoms with Gasteiger partial charge < -0.3 is 14.2 Å². The van der Waals surface area contributed by atoms with Crippen molar-refractivity contribution in [2.24, 2.45) is 0 Å². The van der Waals surface area contributed by atoms with E-state index in [0.717, 1.165) is 148 Å². The van der Waals surface area contributed by atoms with Crippen molar-refractivity contribution in [1.82, 2.24) is 0 Å². The van der Waals surface area contributed by atoms with Gasteiger partial charge in [-0.3, -0.25) is 9.59 Å². The normalized spacial score (nSPS) is 13.2. The van der Waals surface area contributed by atoms with Gasteiger partial charge in [0.05, 0.1) is 6.61 Å². The number of unbranched alkanes of at least 4 members (excludes halogenated alkanes) is 18. The molecule has 5 heteroatoms. The van der Waals surface area contributed by atoms with Crippen molar-refractivity contribution in [2.45, 2.75) is 245 Å².